The zero-order valence-corrected chi connectivity index (χ0v) is 18.5. The Kier molecular flexibility index (Phi) is 7.41. The molecule has 1 amide bonds. The molecule has 0 saturated heterocycles. The van der Waals surface area contributed by atoms with Gasteiger partial charge in [-0.2, -0.15) is 5.10 Å². The average Bonchev–Trinajstić information content (AvgIpc) is 3.41. The zero-order valence-electron chi connectivity index (χ0n) is 18.5. The minimum absolute atomic E-state index is 0.139. The number of carbonyl (C=O) groups excluding carboxylic acids is 1. The molecule has 0 spiro atoms. The summed E-state index contributed by atoms with van der Waals surface area (Å²) in [6.45, 7) is 5.09. The van der Waals surface area contributed by atoms with Crippen LogP contribution in [0.25, 0.3) is 11.1 Å². The van der Waals surface area contributed by atoms with Crippen LogP contribution in [-0.2, 0) is 18.4 Å². The number of aromatic nitrogens is 3. The van der Waals surface area contributed by atoms with Crippen LogP contribution in [0.4, 0.5) is 5.82 Å². The van der Waals surface area contributed by atoms with Crippen LogP contribution in [0.5, 0.6) is 0 Å². The molecule has 1 fully saturated rings. The lowest BCUT2D eigenvalue weighted by molar-refractivity contribution is 0.0456. The fraction of sp³-hybridized carbons (Fsp3) is 0.375. The minimum Gasteiger partial charge on any atom is -0.383 e. The molecule has 0 radical (unpaired) electrons. The Morgan fingerprint density at radius 3 is 2.48 bits per heavy atom. The molecule has 4 N–H and O–H groups in total. The van der Waals surface area contributed by atoms with Gasteiger partial charge < -0.3 is 16.2 Å². The van der Waals surface area contributed by atoms with Crippen LogP contribution < -0.4 is 11.5 Å². The highest BCUT2D eigenvalue weighted by atomic mass is 16.5. The van der Waals surface area contributed by atoms with Gasteiger partial charge in [-0.15, -0.1) is 0 Å². The van der Waals surface area contributed by atoms with E-state index in [2.05, 4.69) is 42.1 Å². The van der Waals surface area contributed by atoms with E-state index in [9.17, 15) is 4.79 Å². The number of nitrogen functional groups attached to an aromatic ring is 1. The van der Waals surface area contributed by atoms with Crippen LogP contribution in [0.1, 0.15) is 52.7 Å². The second-order valence-electron chi connectivity index (χ2n) is 8.06. The Balaban J connectivity index is 0.000000176. The number of benzene rings is 1. The van der Waals surface area contributed by atoms with Crippen LogP contribution in [0.15, 0.2) is 42.9 Å². The number of nitrogens with zero attached hydrogens (tertiary/aromatic N) is 3. The molecule has 3 aromatic rings. The fourth-order valence-corrected chi connectivity index (χ4v) is 3.56. The molecule has 0 unspecified atom stereocenters. The zero-order chi connectivity index (χ0) is 22.4. The van der Waals surface area contributed by atoms with Crippen LogP contribution in [0, 0.1) is 13.8 Å². The lowest BCUT2D eigenvalue weighted by Crippen LogP contribution is -2.14. The highest BCUT2D eigenvalue weighted by Crippen LogP contribution is 2.23. The van der Waals surface area contributed by atoms with Crippen molar-refractivity contribution >= 4 is 11.7 Å². The molecule has 1 aliphatic rings. The number of carbonyl (C=O) groups is 1. The van der Waals surface area contributed by atoms with Gasteiger partial charge in [0.05, 0.1) is 24.5 Å². The Morgan fingerprint density at radius 2 is 1.87 bits per heavy atom. The van der Waals surface area contributed by atoms with E-state index < -0.39 is 5.91 Å². The number of anilines is 1. The Bertz CT molecular complexity index is 1040. The molecule has 2 heterocycles. The van der Waals surface area contributed by atoms with Gasteiger partial charge in [0.2, 0.25) is 0 Å². The van der Waals surface area contributed by atoms with Gasteiger partial charge in [-0.25, -0.2) is 4.98 Å². The third-order valence-corrected chi connectivity index (χ3v) is 5.58. The molecule has 0 atom stereocenters. The quantitative estimate of drug-likeness (QED) is 0.649. The number of aryl methyl sites for hydroxylation is 3. The maximum atomic E-state index is 11.1. The molecule has 2 aromatic heterocycles. The Labute approximate surface area is 183 Å². The summed E-state index contributed by atoms with van der Waals surface area (Å²) in [5, 5.41) is 4.03. The van der Waals surface area contributed by atoms with Gasteiger partial charge in [0, 0.05) is 30.6 Å². The first-order valence-electron chi connectivity index (χ1n) is 10.6. The topological polar surface area (TPSA) is 109 Å². The number of pyridine rings is 1. The maximum Gasteiger partial charge on any atom is 0.252 e. The summed E-state index contributed by atoms with van der Waals surface area (Å²) >= 11 is 0. The van der Waals surface area contributed by atoms with Gasteiger partial charge in [0.1, 0.15) is 5.82 Å². The second-order valence-corrected chi connectivity index (χ2v) is 8.06. The van der Waals surface area contributed by atoms with E-state index >= 15 is 0 Å². The number of primary amides is 1. The summed E-state index contributed by atoms with van der Waals surface area (Å²) in [5.41, 5.74) is 16.6. The van der Waals surface area contributed by atoms with Crippen LogP contribution in [0.3, 0.4) is 0 Å². The van der Waals surface area contributed by atoms with Crippen molar-refractivity contribution in [3.8, 4) is 11.1 Å². The lowest BCUT2D eigenvalue weighted by Gasteiger charge is -2.11. The van der Waals surface area contributed by atoms with E-state index in [-0.39, 0.29) is 11.4 Å². The number of hydrogen-bond donors (Lipinski definition) is 2. The van der Waals surface area contributed by atoms with Crippen molar-refractivity contribution < 1.29 is 9.53 Å². The summed E-state index contributed by atoms with van der Waals surface area (Å²) in [7, 11) is 1.81. The standard InChI is InChI=1S/C14H20O.C10H11N5O/c1-11-7-8-13(9-12(11)2)10-15-14-5-3-4-6-14;1-15-5-7(4-14-15)6-2-8(10(12)16)9(11)13-3-6/h7-9,14H,3-6,10H2,1-2H3;2-5H,1H3,(H2,11,13)(H2,12,16). The van der Waals surface area contributed by atoms with Crippen LogP contribution >= 0.6 is 0 Å². The smallest absolute Gasteiger partial charge is 0.252 e. The number of rotatable bonds is 5. The Morgan fingerprint density at radius 1 is 1.13 bits per heavy atom. The second kappa shape index (κ2) is 10.2. The molecule has 164 valence electrons. The van der Waals surface area contributed by atoms with Crippen LogP contribution in [-0.4, -0.2) is 26.8 Å². The predicted octanol–water partition coefficient (Wildman–Crippen LogP) is 3.93. The van der Waals surface area contributed by atoms with E-state index in [1.807, 2.05) is 13.2 Å². The SMILES string of the molecule is Cc1ccc(COC2CCCC2)cc1C.Cn1cc(-c2cnc(N)c(C(N)=O)c2)cn1. The van der Waals surface area contributed by atoms with Crippen molar-refractivity contribution in [1.29, 1.82) is 0 Å². The van der Waals surface area contributed by atoms with E-state index in [4.69, 9.17) is 16.2 Å². The molecule has 1 aromatic carbocycles. The Hall–Kier alpha value is -3.19. The summed E-state index contributed by atoms with van der Waals surface area (Å²) in [4.78, 5) is 15.0. The number of hydrogen-bond acceptors (Lipinski definition) is 5. The summed E-state index contributed by atoms with van der Waals surface area (Å²) < 4.78 is 7.55. The van der Waals surface area contributed by atoms with Gasteiger partial charge in [-0.05, 0) is 49.4 Å². The van der Waals surface area contributed by atoms with Crippen molar-refractivity contribution in [3.63, 3.8) is 0 Å². The van der Waals surface area contributed by atoms with E-state index in [1.54, 1.807) is 23.1 Å². The summed E-state index contributed by atoms with van der Waals surface area (Å²) in [5.74, 6) is -0.448. The first-order valence-corrected chi connectivity index (χ1v) is 10.6. The molecule has 1 saturated carbocycles. The van der Waals surface area contributed by atoms with Crippen molar-refractivity contribution in [2.24, 2.45) is 12.8 Å². The first-order chi connectivity index (χ1) is 14.8. The maximum absolute atomic E-state index is 11.1. The third kappa shape index (κ3) is 6.15. The van der Waals surface area contributed by atoms with Gasteiger partial charge in [-0.1, -0.05) is 31.0 Å². The third-order valence-electron chi connectivity index (χ3n) is 5.58. The number of amides is 1. The highest BCUT2D eigenvalue weighted by Gasteiger charge is 2.15. The summed E-state index contributed by atoms with van der Waals surface area (Å²) in [6, 6.07) is 8.21. The van der Waals surface area contributed by atoms with Gasteiger partial charge in [0.15, 0.2) is 0 Å². The van der Waals surface area contributed by atoms with Crippen LogP contribution in [0.2, 0.25) is 0 Å². The monoisotopic (exact) mass is 421 g/mol. The van der Waals surface area contributed by atoms with Crippen molar-refractivity contribution in [3.05, 3.63) is 65.1 Å². The van der Waals surface area contributed by atoms with Crippen molar-refractivity contribution in [1.82, 2.24) is 14.8 Å². The van der Waals surface area contributed by atoms with E-state index in [0.717, 1.165) is 17.7 Å². The molecule has 0 bridgehead atoms. The fourth-order valence-electron chi connectivity index (χ4n) is 3.56. The molecule has 1 aliphatic carbocycles. The largest absolute Gasteiger partial charge is 0.383 e. The number of nitrogens with two attached hydrogens (primary N) is 2. The molecule has 4 rings (SSSR count). The lowest BCUT2D eigenvalue weighted by atomic mass is 10.1. The molecule has 7 heteroatoms. The van der Waals surface area contributed by atoms with Crippen molar-refractivity contribution in [2.75, 3.05) is 5.73 Å². The van der Waals surface area contributed by atoms with E-state index in [1.165, 1.54) is 42.4 Å². The molecule has 31 heavy (non-hydrogen) atoms. The average molecular weight is 422 g/mol. The van der Waals surface area contributed by atoms with E-state index in [0.29, 0.717) is 6.10 Å². The molecular formula is C24H31N5O2. The minimum atomic E-state index is -0.587. The summed E-state index contributed by atoms with van der Waals surface area (Å²) in [6.07, 6.45) is 10.8. The first kappa shape index (κ1) is 22.5. The van der Waals surface area contributed by atoms with Gasteiger partial charge >= 0.3 is 0 Å². The van der Waals surface area contributed by atoms with Gasteiger partial charge in [0.25, 0.3) is 5.91 Å². The molecule has 7 nitrogen and oxygen atoms in total. The molecular weight excluding hydrogens is 390 g/mol. The predicted molar refractivity (Wildman–Crippen MR) is 122 cm³/mol. The highest BCUT2D eigenvalue weighted by molar-refractivity contribution is 5.98. The number of ether oxygens (including phenoxy) is 1. The normalized spacial score (nSPS) is 13.6. The van der Waals surface area contributed by atoms with Gasteiger partial charge in [-0.3, -0.25) is 9.48 Å². The molecule has 0 aliphatic heterocycles. The van der Waals surface area contributed by atoms with Crippen molar-refractivity contribution in [2.45, 2.75) is 52.2 Å².